The molecule has 5 N–H and O–H groups in total. The molecule has 1 heterocycles. The van der Waals surface area contributed by atoms with Crippen molar-refractivity contribution >= 4 is 26.9 Å². The van der Waals surface area contributed by atoms with Gasteiger partial charge in [-0.3, -0.25) is 0 Å². The molecule has 1 aliphatic heterocycles. The molecule has 0 aromatic heterocycles. The van der Waals surface area contributed by atoms with Crippen molar-refractivity contribution in [1.29, 1.82) is 0 Å². The van der Waals surface area contributed by atoms with E-state index >= 15 is 0 Å². The monoisotopic (exact) mass is 430 g/mol. The molecule has 12 heteroatoms. The van der Waals surface area contributed by atoms with Crippen LogP contribution in [0.4, 0.5) is 0 Å². The van der Waals surface area contributed by atoms with Gasteiger partial charge in [-0.05, 0) is 0 Å². The van der Waals surface area contributed by atoms with Gasteiger partial charge >= 0.3 is 118 Å². The first-order valence-corrected chi connectivity index (χ1v) is 7.93. The Balaban J connectivity index is -0.000000355. The summed E-state index contributed by atoms with van der Waals surface area (Å²) < 4.78 is 0. The van der Waals surface area contributed by atoms with Gasteiger partial charge in [-0.1, -0.05) is 0 Å². The van der Waals surface area contributed by atoms with Gasteiger partial charge in [0.05, 0.1) is 12.6 Å². The van der Waals surface area contributed by atoms with E-state index in [1.807, 2.05) is 11.1 Å². The summed E-state index contributed by atoms with van der Waals surface area (Å²) in [5.74, 6) is -2.94. The fourth-order valence-corrected chi connectivity index (χ4v) is 2.53. The third kappa shape index (κ3) is 11.4. The van der Waals surface area contributed by atoms with Gasteiger partial charge in [0.1, 0.15) is 24.4 Å². The molecule has 0 aromatic carbocycles. The molecule has 0 saturated carbocycles. The Morgan fingerprint density at radius 3 is 1.88 bits per heavy atom. The maximum atomic E-state index is 10.2. The number of hydrogen-bond donors (Lipinski definition) is 5. The van der Waals surface area contributed by atoms with Crippen molar-refractivity contribution in [1.82, 2.24) is 0 Å². The molecule has 0 fully saturated rings. The van der Waals surface area contributed by atoms with Crippen LogP contribution in [-0.2, 0) is 9.59 Å². The standard InChI is InChI=1S/C6H12O7.C6H6O2Se.2Na/c7-1-2(8)3(9)4(10)5(11)6(12)13;7-6(8)5-3-1-2-4-9-5;;/h2-5,7-11H,1H2,(H,12,13);1-5H,(H,7,8);;/q;;2*+1/p-2/t2-,3-,4+,5-;;;/m1.../s1. The van der Waals surface area contributed by atoms with E-state index in [1.165, 1.54) is 0 Å². The van der Waals surface area contributed by atoms with Crippen LogP contribution in [0.1, 0.15) is 0 Å². The minimum atomic E-state index is -2.31. The molecule has 1 rings (SSSR count). The summed E-state index contributed by atoms with van der Waals surface area (Å²) in [5, 5.41) is 63.6. The zero-order chi connectivity index (χ0) is 17.3. The molecule has 1 aliphatic rings. The number of aliphatic hydroxyl groups is 5. The molecular weight excluding hydrogens is 413 g/mol. The van der Waals surface area contributed by atoms with Crippen LogP contribution in [0.15, 0.2) is 23.2 Å². The van der Waals surface area contributed by atoms with E-state index in [0.717, 1.165) is 0 Å². The van der Waals surface area contributed by atoms with Crippen LogP contribution in [0, 0.1) is 0 Å². The van der Waals surface area contributed by atoms with E-state index < -0.39 is 43.0 Å². The minimum absolute atomic E-state index is 0. The molecule has 0 saturated heterocycles. The molecule has 0 bridgehead atoms. The van der Waals surface area contributed by atoms with Crippen LogP contribution < -0.4 is 69.3 Å². The van der Waals surface area contributed by atoms with Gasteiger partial charge in [0.25, 0.3) is 0 Å². The minimum Gasteiger partial charge on any atom is -0.547 e. The first kappa shape index (κ1) is 29.5. The Morgan fingerprint density at radius 2 is 1.58 bits per heavy atom. The summed E-state index contributed by atoms with van der Waals surface area (Å²) in [7, 11) is 0. The van der Waals surface area contributed by atoms with Crippen molar-refractivity contribution in [3.63, 3.8) is 0 Å². The number of carbonyl (C=O) groups excluding carboxylic acids is 2. The molecule has 0 radical (unpaired) electrons. The third-order valence-electron chi connectivity index (χ3n) is 2.43. The van der Waals surface area contributed by atoms with E-state index in [0.29, 0.717) is 0 Å². The molecule has 126 valence electrons. The second-order valence-corrected chi connectivity index (χ2v) is 6.29. The van der Waals surface area contributed by atoms with Crippen LogP contribution in [0.3, 0.4) is 0 Å². The topological polar surface area (TPSA) is 181 Å². The Labute approximate surface area is 188 Å². The van der Waals surface area contributed by atoms with Gasteiger partial charge in [-0.25, -0.2) is 0 Å². The molecule has 9 nitrogen and oxygen atoms in total. The molecule has 0 aliphatic carbocycles. The van der Waals surface area contributed by atoms with Crippen LogP contribution in [0.2, 0.25) is 4.82 Å². The molecule has 0 aromatic rings. The van der Waals surface area contributed by atoms with Crippen LogP contribution >= 0.6 is 0 Å². The average Bonchev–Trinajstić information content (AvgIpc) is 2.53. The quantitative estimate of drug-likeness (QED) is 0.256. The largest absolute Gasteiger partial charge is 1.00 e. The zero-order valence-corrected chi connectivity index (χ0v) is 18.9. The predicted octanol–water partition coefficient (Wildman–Crippen LogP) is -11.5. The van der Waals surface area contributed by atoms with E-state index in [1.54, 1.807) is 12.2 Å². The normalized spacial score (nSPS) is 20.1. The zero-order valence-electron chi connectivity index (χ0n) is 13.2. The SMILES string of the molecule is O=C([O-])C1C=CC=C[Se]1.O=C([O-])[C@H](O)[C@@H](O)[C@H](O)[C@H](O)CO.[Na+].[Na+]. The van der Waals surface area contributed by atoms with Crippen molar-refractivity contribution in [2.45, 2.75) is 29.2 Å². The summed E-state index contributed by atoms with van der Waals surface area (Å²) >= 11 is 0.0631. The predicted molar refractivity (Wildman–Crippen MR) is 68.9 cm³/mol. The summed E-state index contributed by atoms with van der Waals surface area (Å²) in [6.07, 6.45) is -2.81. The van der Waals surface area contributed by atoms with Gasteiger partial charge in [0.2, 0.25) is 0 Å². The van der Waals surface area contributed by atoms with Gasteiger partial charge in [-0.15, -0.1) is 0 Å². The molecule has 1 unspecified atom stereocenters. The van der Waals surface area contributed by atoms with Crippen LogP contribution in [0.25, 0.3) is 0 Å². The Bertz CT molecular complexity index is 433. The summed E-state index contributed by atoms with van der Waals surface area (Å²) in [6.45, 7) is -0.863. The number of carboxylic acid groups (broad SMARTS) is 2. The van der Waals surface area contributed by atoms with Crippen molar-refractivity contribution in [3.05, 3.63) is 23.2 Å². The number of rotatable bonds is 6. The molecule has 0 amide bonds. The Hall–Kier alpha value is 0.739. The van der Waals surface area contributed by atoms with E-state index in [-0.39, 0.29) is 78.9 Å². The number of carboxylic acids is 2. The van der Waals surface area contributed by atoms with Gasteiger partial charge in [-0.2, -0.15) is 0 Å². The smallest absolute Gasteiger partial charge is 0.547 e. The number of aliphatic hydroxyl groups excluding tert-OH is 5. The van der Waals surface area contributed by atoms with Crippen molar-refractivity contribution in [2.75, 3.05) is 6.61 Å². The first-order valence-electron chi connectivity index (χ1n) is 5.96. The maximum absolute atomic E-state index is 10.2. The number of carbonyl (C=O) groups is 2. The number of allylic oxidation sites excluding steroid dienone is 2. The van der Waals surface area contributed by atoms with E-state index in [2.05, 4.69) is 0 Å². The van der Waals surface area contributed by atoms with E-state index in [4.69, 9.17) is 25.5 Å². The summed E-state index contributed by atoms with van der Waals surface area (Å²) in [6, 6.07) is 0. The van der Waals surface area contributed by atoms with Gasteiger partial charge < -0.3 is 35.4 Å². The third-order valence-corrected chi connectivity index (χ3v) is 4.44. The fourth-order valence-electron chi connectivity index (χ4n) is 1.18. The summed E-state index contributed by atoms with van der Waals surface area (Å²) in [5.41, 5.74) is 0. The van der Waals surface area contributed by atoms with Crippen molar-refractivity contribution in [3.8, 4) is 0 Å². The Morgan fingerprint density at radius 1 is 1.04 bits per heavy atom. The second-order valence-electron chi connectivity index (χ2n) is 4.08. The molecule has 5 atom stereocenters. The van der Waals surface area contributed by atoms with Gasteiger partial charge in [0.15, 0.2) is 0 Å². The molecule has 24 heavy (non-hydrogen) atoms. The number of aliphatic carboxylic acids is 2. The molecular formula is C12H16Na2O9Se. The van der Waals surface area contributed by atoms with Crippen molar-refractivity contribution in [2.24, 2.45) is 0 Å². The van der Waals surface area contributed by atoms with Crippen LogP contribution in [-0.4, -0.2) is 83.5 Å². The first-order chi connectivity index (χ1) is 10.2. The second kappa shape index (κ2) is 16.0. The Kier molecular flexibility index (Phi) is 19.6. The van der Waals surface area contributed by atoms with Gasteiger partial charge in [0, 0.05) is 0 Å². The van der Waals surface area contributed by atoms with Crippen molar-refractivity contribution < 1.29 is 104 Å². The number of hydrogen-bond acceptors (Lipinski definition) is 9. The summed E-state index contributed by atoms with van der Waals surface area (Å²) in [4.78, 5) is 21.7. The fraction of sp³-hybridized carbons (Fsp3) is 0.500. The average molecular weight is 429 g/mol. The maximum Gasteiger partial charge on any atom is 1.00 e. The molecule has 0 spiro atoms. The van der Waals surface area contributed by atoms with E-state index in [9.17, 15) is 19.8 Å². The van der Waals surface area contributed by atoms with Crippen LogP contribution in [0.5, 0.6) is 0 Å².